The molecular weight excluding hydrogens is 354 g/mol. The van der Waals surface area contributed by atoms with E-state index in [1.165, 1.54) is 5.56 Å². The van der Waals surface area contributed by atoms with Crippen molar-refractivity contribution in [2.75, 3.05) is 37.6 Å². The molecule has 152 valence electrons. The number of rotatable bonds is 5. The molecule has 0 saturated carbocycles. The Bertz CT molecular complexity index is 818. The molecule has 2 saturated heterocycles. The average Bonchev–Trinajstić information content (AvgIpc) is 3.28. The van der Waals surface area contributed by atoms with Crippen molar-refractivity contribution >= 4 is 11.7 Å². The van der Waals surface area contributed by atoms with Crippen molar-refractivity contribution in [1.82, 2.24) is 29.4 Å². The van der Waals surface area contributed by atoms with Crippen LogP contribution in [-0.4, -0.2) is 74.0 Å². The van der Waals surface area contributed by atoms with Crippen LogP contribution in [0.3, 0.4) is 0 Å². The van der Waals surface area contributed by atoms with Crippen LogP contribution in [-0.2, 0) is 24.9 Å². The average molecular weight is 386 g/mol. The first-order valence-electron chi connectivity index (χ1n) is 10.3. The van der Waals surface area contributed by atoms with E-state index >= 15 is 0 Å². The molecule has 0 N–H and O–H groups in total. The molecule has 2 aliphatic rings. The zero-order valence-corrected chi connectivity index (χ0v) is 17.2. The summed E-state index contributed by atoms with van der Waals surface area (Å²) >= 11 is 0. The van der Waals surface area contributed by atoms with Crippen molar-refractivity contribution in [2.45, 2.75) is 45.8 Å². The maximum absolute atomic E-state index is 13.2. The molecule has 0 aliphatic carbocycles. The zero-order chi connectivity index (χ0) is 19.7. The molecule has 0 radical (unpaired) electrons. The Hall–Kier alpha value is -2.19. The Balaban J connectivity index is 1.36. The summed E-state index contributed by atoms with van der Waals surface area (Å²) in [7, 11) is 1.92. The highest BCUT2D eigenvalue weighted by molar-refractivity contribution is 5.97. The molecule has 1 atom stereocenters. The normalized spacial score (nSPS) is 22.2. The molecule has 2 aromatic heterocycles. The van der Waals surface area contributed by atoms with Crippen LogP contribution >= 0.6 is 0 Å². The molecule has 4 heterocycles. The van der Waals surface area contributed by atoms with E-state index in [-0.39, 0.29) is 11.9 Å². The van der Waals surface area contributed by atoms with Crippen LogP contribution in [0.2, 0.25) is 0 Å². The molecule has 0 unspecified atom stereocenters. The first-order valence-corrected chi connectivity index (χ1v) is 10.3. The first kappa shape index (κ1) is 19.1. The van der Waals surface area contributed by atoms with Crippen molar-refractivity contribution in [3.63, 3.8) is 0 Å². The molecule has 4 rings (SSSR count). The van der Waals surface area contributed by atoms with Gasteiger partial charge < -0.3 is 0 Å². The fraction of sp³-hybridized carbons (Fsp3) is 0.650. The van der Waals surface area contributed by atoms with Crippen molar-refractivity contribution in [3.05, 3.63) is 29.7 Å². The molecule has 2 aliphatic heterocycles. The number of carbonyl (C=O) groups is 1. The van der Waals surface area contributed by atoms with E-state index in [1.54, 1.807) is 0 Å². The molecule has 1 amide bonds. The number of hydrogen-bond acceptors (Lipinski definition) is 5. The van der Waals surface area contributed by atoms with Gasteiger partial charge >= 0.3 is 0 Å². The van der Waals surface area contributed by atoms with E-state index < -0.39 is 0 Å². The third kappa shape index (κ3) is 3.84. The van der Waals surface area contributed by atoms with Crippen molar-refractivity contribution in [2.24, 2.45) is 7.05 Å². The quantitative estimate of drug-likeness (QED) is 0.775. The van der Waals surface area contributed by atoms with Crippen LogP contribution in [0.15, 0.2) is 18.5 Å². The molecule has 0 aromatic carbocycles. The number of carbonyl (C=O) groups excluding carboxylic acids is 1. The molecule has 2 aromatic rings. The zero-order valence-electron chi connectivity index (χ0n) is 17.2. The van der Waals surface area contributed by atoms with Gasteiger partial charge in [0.15, 0.2) is 0 Å². The molecular formula is C20H31N7O. The number of piperidine rings is 1. The van der Waals surface area contributed by atoms with E-state index in [0.29, 0.717) is 0 Å². The summed E-state index contributed by atoms with van der Waals surface area (Å²) in [6.07, 6.45) is 6.09. The summed E-state index contributed by atoms with van der Waals surface area (Å²) < 4.78 is 3.80. The van der Waals surface area contributed by atoms with Gasteiger partial charge in [-0.2, -0.15) is 10.2 Å². The number of anilines is 1. The van der Waals surface area contributed by atoms with Crippen LogP contribution in [0, 0.1) is 6.92 Å². The molecule has 8 heteroatoms. The number of aryl methyl sites for hydroxylation is 3. The number of hydrogen-bond donors (Lipinski definition) is 0. The first-order chi connectivity index (χ1) is 13.5. The fourth-order valence-corrected chi connectivity index (χ4v) is 4.42. The number of amides is 1. The molecule has 0 bridgehead atoms. The van der Waals surface area contributed by atoms with Crippen molar-refractivity contribution in [1.29, 1.82) is 0 Å². The van der Waals surface area contributed by atoms with E-state index in [4.69, 9.17) is 0 Å². The smallest absolute Gasteiger partial charge is 0.245 e. The summed E-state index contributed by atoms with van der Waals surface area (Å²) in [6, 6.07) is 2.00. The maximum Gasteiger partial charge on any atom is 0.245 e. The third-order valence-electron chi connectivity index (χ3n) is 5.93. The highest BCUT2D eigenvalue weighted by Gasteiger charge is 2.36. The number of nitrogens with zero attached hydrogens (tertiary/aromatic N) is 7. The predicted octanol–water partition coefficient (Wildman–Crippen LogP) is 1.26. The Morgan fingerprint density at radius 2 is 1.96 bits per heavy atom. The SMILES string of the molecule is CCn1cc(CN2CCN([C@@H]3CCCN(c4cc(C)nn4C)C3=O)CC2)cn1. The van der Waals surface area contributed by atoms with Gasteiger partial charge in [0.05, 0.1) is 17.9 Å². The van der Waals surface area contributed by atoms with Gasteiger partial charge in [0.25, 0.3) is 0 Å². The van der Waals surface area contributed by atoms with E-state index in [0.717, 1.165) is 70.2 Å². The van der Waals surface area contributed by atoms with Gasteiger partial charge in [-0.25, -0.2) is 0 Å². The van der Waals surface area contributed by atoms with Crippen LogP contribution in [0.25, 0.3) is 0 Å². The number of aromatic nitrogens is 4. The summed E-state index contributed by atoms with van der Waals surface area (Å²) in [5.74, 6) is 1.14. The second-order valence-electron chi connectivity index (χ2n) is 7.93. The van der Waals surface area contributed by atoms with Gasteiger partial charge in [0.1, 0.15) is 5.82 Å². The molecule has 28 heavy (non-hydrogen) atoms. The van der Waals surface area contributed by atoms with Gasteiger partial charge in [0.2, 0.25) is 5.91 Å². The van der Waals surface area contributed by atoms with E-state index in [2.05, 4.69) is 33.1 Å². The summed E-state index contributed by atoms with van der Waals surface area (Å²) in [4.78, 5) is 20.0. The topological polar surface area (TPSA) is 62.4 Å². The van der Waals surface area contributed by atoms with Crippen LogP contribution in [0.4, 0.5) is 5.82 Å². The van der Waals surface area contributed by atoms with Crippen LogP contribution in [0.5, 0.6) is 0 Å². The monoisotopic (exact) mass is 385 g/mol. The van der Waals surface area contributed by atoms with Gasteiger partial charge in [-0.05, 0) is 26.7 Å². The van der Waals surface area contributed by atoms with E-state index in [1.807, 2.05) is 40.5 Å². The van der Waals surface area contributed by atoms with Gasteiger partial charge in [-0.1, -0.05) is 0 Å². The highest BCUT2D eigenvalue weighted by Crippen LogP contribution is 2.25. The summed E-state index contributed by atoms with van der Waals surface area (Å²) in [5, 5.41) is 8.78. The summed E-state index contributed by atoms with van der Waals surface area (Å²) in [6.45, 7) is 10.6. The fourth-order valence-electron chi connectivity index (χ4n) is 4.42. The molecule has 0 spiro atoms. The van der Waals surface area contributed by atoms with Crippen molar-refractivity contribution < 1.29 is 4.79 Å². The Kier molecular flexibility index (Phi) is 5.50. The Morgan fingerprint density at radius 1 is 1.18 bits per heavy atom. The van der Waals surface area contributed by atoms with Gasteiger partial charge in [-0.15, -0.1) is 0 Å². The minimum Gasteiger partial charge on any atom is -0.296 e. The molecule has 8 nitrogen and oxygen atoms in total. The predicted molar refractivity (Wildman–Crippen MR) is 108 cm³/mol. The second kappa shape index (κ2) is 8.05. The Labute approximate surface area is 166 Å². The minimum absolute atomic E-state index is 0.00560. The maximum atomic E-state index is 13.2. The lowest BCUT2D eigenvalue weighted by Gasteiger charge is -2.42. The lowest BCUT2D eigenvalue weighted by Crippen LogP contribution is -2.57. The van der Waals surface area contributed by atoms with Gasteiger partial charge in [-0.3, -0.25) is 28.9 Å². The summed E-state index contributed by atoms with van der Waals surface area (Å²) in [5.41, 5.74) is 2.22. The molecule has 2 fully saturated rings. The highest BCUT2D eigenvalue weighted by atomic mass is 16.2. The van der Waals surface area contributed by atoms with Crippen LogP contribution < -0.4 is 4.90 Å². The van der Waals surface area contributed by atoms with Gasteiger partial charge in [0, 0.05) is 70.7 Å². The lowest BCUT2D eigenvalue weighted by molar-refractivity contribution is -0.126. The lowest BCUT2D eigenvalue weighted by atomic mass is 10.0. The van der Waals surface area contributed by atoms with E-state index in [9.17, 15) is 4.79 Å². The standard InChI is InChI=1S/C20H31N7O/c1-4-26-15-17(13-21-26)14-24-8-10-25(11-9-24)18-6-5-7-27(20(18)28)19-12-16(2)22-23(19)3/h12-13,15,18H,4-11,14H2,1-3H3/t18-/m1/s1. The number of piperazine rings is 1. The van der Waals surface area contributed by atoms with Crippen molar-refractivity contribution in [3.8, 4) is 0 Å². The second-order valence-corrected chi connectivity index (χ2v) is 7.93. The minimum atomic E-state index is -0.00560. The third-order valence-corrected chi connectivity index (χ3v) is 5.93. The largest absolute Gasteiger partial charge is 0.296 e. The Morgan fingerprint density at radius 3 is 2.61 bits per heavy atom. The van der Waals surface area contributed by atoms with Crippen LogP contribution in [0.1, 0.15) is 31.0 Å².